The summed E-state index contributed by atoms with van der Waals surface area (Å²) in [6, 6.07) is 10.0. The molecule has 0 radical (unpaired) electrons. The monoisotopic (exact) mass is 405 g/mol. The molecular weight excluding hydrogens is 382 g/mol. The maximum atomic E-state index is 11.9. The summed E-state index contributed by atoms with van der Waals surface area (Å²) >= 11 is 3.45. The maximum absolute atomic E-state index is 11.9. The molecule has 0 aromatic heterocycles. The summed E-state index contributed by atoms with van der Waals surface area (Å²) in [4.78, 5) is 11.9. The van der Waals surface area contributed by atoms with Gasteiger partial charge < -0.3 is 14.8 Å². The number of amides is 1. The van der Waals surface area contributed by atoms with Gasteiger partial charge in [-0.05, 0) is 74.2 Å². The number of ether oxygens (including phenoxy) is 2. The van der Waals surface area contributed by atoms with Crippen molar-refractivity contribution in [3.05, 3.63) is 57.1 Å². The Kier molecular flexibility index (Phi) is 6.88. The van der Waals surface area contributed by atoms with E-state index < -0.39 is 0 Å². The van der Waals surface area contributed by atoms with Crippen LogP contribution in [0.5, 0.6) is 11.5 Å². The number of hydrogen-bond acceptors (Lipinski definition) is 3. The van der Waals surface area contributed by atoms with Crippen molar-refractivity contribution in [2.45, 2.75) is 27.7 Å². The summed E-state index contributed by atoms with van der Waals surface area (Å²) in [5, 5.41) is 2.80. The molecular formula is C20H24BrNO3. The van der Waals surface area contributed by atoms with Crippen LogP contribution < -0.4 is 14.8 Å². The number of carbonyl (C=O) groups is 1. The molecule has 0 bridgehead atoms. The van der Waals surface area contributed by atoms with Crippen molar-refractivity contribution < 1.29 is 14.3 Å². The second-order valence-electron chi connectivity index (χ2n) is 6.18. The molecule has 1 amide bonds. The third kappa shape index (κ3) is 6.09. The first kappa shape index (κ1) is 19.3. The lowest BCUT2D eigenvalue weighted by atomic mass is 10.1. The number of halogens is 1. The van der Waals surface area contributed by atoms with Gasteiger partial charge in [0.05, 0.1) is 6.54 Å². The first-order valence-corrected chi connectivity index (χ1v) is 9.02. The van der Waals surface area contributed by atoms with E-state index in [1.807, 2.05) is 52.0 Å². The van der Waals surface area contributed by atoms with Gasteiger partial charge >= 0.3 is 0 Å². The lowest BCUT2D eigenvalue weighted by molar-refractivity contribution is -0.123. The van der Waals surface area contributed by atoms with E-state index in [9.17, 15) is 4.79 Å². The van der Waals surface area contributed by atoms with Crippen LogP contribution >= 0.6 is 15.9 Å². The summed E-state index contributed by atoms with van der Waals surface area (Å²) in [7, 11) is 0. The fourth-order valence-electron chi connectivity index (χ4n) is 2.69. The Balaban J connectivity index is 1.74. The van der Waals surface area contributed by atoms with Gasteiger partial charge in [-0.1, -0.05) is 22.0 Å². The number of carbonyl (C=O) groups excluding carboxylic acids is 1. The number of aryl methyl sites for hydroxylation is 4. The molecule has 4 nitrogen and oxygen atoms in total. The van der Waals surface area contributed by atoms with Crippen LogP contribution in [-0.2, 0) is 4.79 Å². The van der Waals surface area contributed by atoms with Gasteiger partial charge in [0.25, 0.3) is 5.91 Å². The van der Waals surface area contributed by atoms with E-state index in [0.29, 0.717) is 13.2 Å². The third-order valence-corrected chi connectivity index (χ3v) is 4.12. The normalized spacial score (nSPS) is 10.4. The highest BCUT2D eigenvalue weighted by Crippen LogP contribution is 2.27. The van der Waals surface area contributed by atoms with Gasteiger partial charge in [-0.25, -0.2) is 0 Å². The zero-order valence-electron chi connectivity index (χ0n) is 15.1. The van der Waals surface area contributed by atoms with Gasteiger partial charge in [0.1, 0.15) is 18.1 Å². The number of benzene rings is 2. The van der Waals surface area contributed by atoms with Crippen molar-refractivity contribution in [2.24, 2.45) is 0 Å². The summed E-state index contributed by atoms with van der Waals surface area (Å²) < 4.78 is 12.3. The smallest absolute Gasteiger partial charge is 0.258 e. The van der Waals surface area contributed by atoms with E-state index >= 15 is 0 Å². The van der Waals surface area contributed by atoms with E-state index in [1.165, 1.54) is 0 Å². The summed E-state index contributed by atoms with van der Waals surface area (Å²) in [6.07, 6.45) is 0. The Hall–Kier alpha value is -2.01. The first-order valence-electron chi connectivity index (χ1n) is 8.22. The van der Waals surface area contributed by atoms with Crippen LogP contribution in [0.4, 0.5) is 0 Å². The SMILES string of the molecule is Cc1cc(C)cc(OCCNC(=O)COc2c(C)cc(Br)cc2C)c1. The number of nitrogens with one attached hydrogen (secondary N) is 1. The highest BCUT2D eigenvalue weighted by Gasteiger charge is 2.08. The zero-order chi connectivity index (χ0) is 18.4. The number of hydrogen-bond donors (Lipinski definition) is 1. The lowest BCUT2D eigenvalue weighted by Crippen LogP contribution is -2.32. The predicted octanol–water partition coefficient (Wildman–Crippen LogP) is 4.26. The molecule has 0 unspecified atom stereocenters. The van der Waals surface area contributed by atoms with Gasteiger partial charge in [0, 0.05) is 4.47 Å². The summed E-state index contributed by atoms with van der Waals surface area (Å²) in [5.41, 5.74) is 4.32. The van der Waals surface area contributed by atoms with Crippen molar-refractivity contribution in [2.75, 3.05) is 19.8 Å². The second kappa shape index (κ2) is 8.90. The van der Waals surface area contributed by atoms with Crippen LogP contribution in [0, 0.1) is 27.7 Å². The average molecular weight is 406 g/mol. The highest BCUT2D eigenvalue weighted by atomic mass is 79.9. The van der Waals surface area contributed by atoms with E-state index in [0.717, 1.165) is 38.2 Å². The average Bonchev–Trinajstić information content (AvgIpc) is 2.49. The van der Waals surface area contributed by atoms with E-state index in [4.69, 9.17) is 9.47 Å². The van der Waals surface area contributed by atoms with Gasteiger partial charge in [0.15, 0.2) is 6.61 Å². The fraction of sp³-hybridized carbons (Fsp3) is 0.350. The molecule has 0 spiro atoms. The van der Waals surface area contributed by atoms with Crippen LogP contribution in [0.3, 0.4) is 0 Å². The van der Waals surface area contributed by atoms with E-state index in [-0.39, 0.29) is 12.5 Å². The topological polar surface area (TPSA) is 47.6 Å². The van der Waals surface area contributed by atoms with Crippen molar-refractivity contribution in [1.29, 1.82) is 0 Å². The van der Waals surface area contributed by atoms with Gasteiger partial charge in [0.2, 0.25) is 0 Å². The van der Waals surface area contributed by atoms with Crippen LogP contribution in [0.2, 0.25) is 0 Å². The lowest BCUT2D eigenvalue weighted by Gasteiger charge is -2.13. The first-order chi connectivity index (χ1) is 11.8. The molecule has 0 aliphatic heterocycles. The Morgan fingerprint density at radius 3 is 2.16 bits per heavy atom. The van der Waals surface area contributed by atoms with Crippen LogP contribution in [0.1, 0.15) is 22.3 Å². The molecule has 1 N–H and O–H groups in total. The Bertz CT molecular complexity index is 715. The van der Waals surface area contributed by atoms with Crippen LogP contribution in [0.15, 0.2) is 34.8 Å². The van der Waals surface area contributed by atoms with Gasteiger partial charge in [-0.3, -0.25) is 4.79 Å². The van der Waals surface area contributed by atoms with Crippen LogP contribution in [0.25, 0.3) is 0 Å². The van der Waals surface area contributed by atoms with Gasteiger partial charge in [-0.2, -0.15) is 0 Å². The highest BCUT2D eigenvalue weighted by molar-refractivity contribution is 9.10. The Morgan fingerprint density at radius 2 is 1.56 bits per heavy atom. The van der Waals surface area contributed by atoms with E-state index in [2.05, 4.69) is 27.3 Å². The molecule has 0 aliphatic carbocycles. The third-order valence-electron chi connectivity index (χ3n) is 3.66. The predicted molar refractivity (Wildman–Crippen MR) is 104 cm³/mol. The van der Waals surface area contributed by atoms with Crippen molar-refractivity contribution >= 4 is 21.8 Å². The van der Waals surface area contributed by atoms with E-state index in [1.54, 1.807) is 0 Å². The molecule has 2 aromatic carbocycles. The van der Waals surface area contributed by atoms with Crippen molar-refractivity contribution in [1.82, 2.24) is 5.32 Å². The van der Waals surface area contributed by atoms with Crippen molar-refractivity contribution in [3.8, 4) is 11.5 Å². The molecule has 0 saturated heterocycles. The Morgan fingerprint density at radius 1 is 0.960 bits per heavy atom. The zero-order valence-corrected chi connectivity index (χ0v) is 16.7. The largest absolute Gasteiger partial charge is 0.492 e. The fourth-order valence-corrected chi connectivity index (χ4v) is 3.38. The number of rotatable bonds is 7. The minimum atomic E-state index is -0.161. The molecule has 0 fully saturated rings. The van der Waals surface area contributed by atoms with Crippen molar-refractivity contribution in [3.63, 3.8) is 0 Å². The summed E-state index contributed by atoms with van der Waals surface area (Å²) in [6.45, 7) is 8.84. The molecule has 2 aromatic rings. The molecule has 0 atom stereocenters. The van der Waals surface area contributed by atoms with Gasteiger partial charge in [-0.15, -0.1) is 0 Å². The minimum Gasteiger partial charge on any atom is -0.492 e. The minimum absolute atomic E-state index is 0.00708. The molecule has 0 aliphatic rings. The molecule has 0 saturated carbocycles. The molecule has 5 heteroatoms. The molecule has 2 rings (SSSR count). The Labute approximate surface area is 157 Å². The standard InChI is InChI=1S/C20H24BrNO3/c1-13-7-14(2)9-18(8-13)24-6-5-22-19(23)12-25-20-15(3)10-17(21)11-16(20)4/h7-11H,5-6,12H2,1-4H3,(H,22,23). The summed E-state index contributed by atoms with van der Waals surface area (Å²) in [5.74, 6) is 1.42. The second-order valence-corrected chi connectivity index (χ2v) is 7.09. The molecule has 0 heterocycles. The maximum Gasteiger partial charge on any atom is 0.258 e. The molecule has 25 heavy (non-hydrogen) atoms. The quantitative estimate of drug-likeness (QED) is 0.700. The molecule has 134 valence electrons. The van der Waals surface area contributed by atoms with Crippen LogP contribution in [-0.4, -0.2) is 25.7 Å².